The van der Waals surface area contributed by atoms with Gasteiger partial charge in [0, 0.05) is 11.5 Å². The highest BCUT2D eigenvalue weighted by Gasteiger charge is 2.14. The molecule has 1 aromatic heterocycles. The molecule has 0 N–H and O–H groups in total. The average molecular weight is 284 g/mol. The lowest BCUT2D eigenvalue weighted by Gasteiger charge is -2.10. The molecule has 100 valence electrons. The van der Waals surface area contributed by atoms with E-state index in [-0.39, 0.29) is 11.7 Å². The summed E-state index contributed by atoms with van der Waals surface area (Å²) in [6.07, 6.45) is 0. The number of aromatic nitrogens is 2. The third-order valence-electron chi connectivity index (χ3n) is 3.34. The van der Waals surface area contributed by atoms with Gasteiger partial charge in [-0.25, -0.2) is 9.37 Å². The summed E-state index contributed by atoms with van der Waals surface area (Å²) in [7, 11) is 0. The molecule has 0 saturated heterocycles. The molecule has 2 nitrogen and oxygen atoms in total. The van der Waals surface area contributed by atoms with Crippen molar-refractivity contribution in [1.29, 1.82) is 0 Å². The second kappa shape index (κ2) is 5.51. The van der Waals surface area contributed by atoms with E-state index in [1.165, 1.54) is 11.5 Å². The Morgan fingerprint density at radius 3 is 2.55 bits per heavy atom. The van der Waals surface area contributed by atoms with Crippen molar-refractivity contribution in [3.63, 3.8) is 0 Å². The van der Waals surface area contributed by atoms with Crippen molar-refractivity contribution < 1.29 is 4.39 Å². The zero-order valence-electron chi connectivity index (χ0n) is 11.0. The van der Waals surface area contributed by atoms with Crippen LogP contribution in [0.5, 0.6) is 0 Å². The first-order chi connectivity index (χ1) is 9.75. The summed E-state index contributed by atoms with van der Waals surface area (Å²) in [5, 5.41) is 0. The molecule has 3 rings (SSSR count). The molecule has 0 aliphatic rings. The predicted octanol–water partition coefficient (Wildman–Crippen LogP) is 4.50. The SMILES string of the molecule is CC(c1ccc(-c2ccccc2)c(F)c1)c1ncsn1. The van der Waals surface area contributed by atoms with Crippen molar-refractivity contribution in [3.8, 4) is 11.1 Å². The van der Waals surface area contributed by atoms with Crippen LogP contribution in [0.4, 0.5) is 4.39 Å². The molecule has 0 bridgehead atoms. The van der Waals surface area contributed by atoms with Crippen LogP contribution in [-0.2, 0) is 0 Å². The van der Waals surface area contributed by atoms with E-state index in [1.54, 1.807) is 11.6 Å². The van der Waals surface area contributed by atoms with Crippen LogP contribution in [0.2, 0.25) is 0 Å². The van der Waals surface area contributed by atoms with Crippen LogP contribution in [0.15, 0.2) is 54.0 Å². The maximum Gasteiger partial charge on any atom is 0.149 e. The molecule has 0 amide bonds. The molecule has 1 atom stereocenters. The second-order valence-electron chi connectivity index (χ2n) is 4.62. The summed E-state index contributed by atoms with van der Waals surface area (Å²) in [4.78, 5) is 4.19. The number of halogens is 1. The summed E-state index contributed by atoms with van der Waals surface area (Å²) in [6.45, 7) is 1.99. The van der Waals surface area contributed by atoms with E-state index in [2.05, 4.69) is 9.36 Å². The third-order valence-corrected chi connectivity index (χ3v) is 3.84. The standard InChI is InChI=1S/C16H13FN2S/c1-11(16-18-10-20-19-16)13-7-8-14(15(17)9-13)12-5-3-2-4-6-12/h2-11H,1H3. The smallest absolute Gasteiger partial charge is 0.149 e. The Hall–Kier alpha value is -2.07. The molecule has 1 heterocycles. The highest BCUT2D eigenvalue weighted by Crippen LogP contribution is 2.28. The first-order valence-corrected chi connectivity index (χ1v) is 7.20. The van der Waals surface area contributed by atoms with E-state index in [9.17, 15) is 4.39 Å². The van der Waals surface area contributed by atoms with E-state index in [4.69, 9.17) is 0 Å². The predicted molar refractivity (Wildman–Crippen MR) is 79.3 cm³/mol. The Morgan fingerprint density at radius 2 is 1.90 bits per heavy atom. The van der Waals surface area contributed by atoms with Gasteiger partial charge in [0.2, 0.25) is 0 Å². The molecule has 0 fully saturated rings. The van der Waals surface area contributed by atoms with Gasteiger partial charge in [0.05, 0.1) is 0 Å². The topological polar surface area (TPSA) is 25.8 Å². The lowest BCUT2D eigenvalue weighted by molar-refractivity contribution is 0.627. The minimum absolute atomic E-state index is 0.000531. The summed E-state index contributed by atoms with van der Waals surface area (Å²) in [6, 6.07) is 14.9. The zero-order chi connectivity index (χ0) is 13.9. The van der Waals surface area contributed by atoms with Gasteiger partial charge in [-0.15, -0.1) is 0 Å². The van der Waals surface area contributed by atoms with Crippen molar-refractivity contribution >= 4 is 11.5 Å². The Bertz CT molecular complexity index is 696. The fourth-order valence-electron chi connectivity index (χ4n) is 2.17. The summed E-state index contributed by atoms with van der Waals surface area (Å²) < 4.78 is 18.5. The molecule has 0 aliphatic heterocycles. The minimum Gasteiger partial charge on any atom is -0.227 e. The van der Waals surface area contributed by atoms with Crippen LogP contribution in [0, 0.1) is 5.82 Å². The average Bonchev–Trinajstić information content (AvgIpc) is 3.01. The minimum atomic E-state index is -0.212. The van der Waals surface area contributed by atoms with Crippen LogP contribution in [0.3, 0.4) is 0 Å². The van der Waals surface area contributed by atoms with Crippen LogP contribution in [0.25, 0.3) is 11.1 Å². The van der Waals surface area contributed by atoms with Gasteiger partial charge in [-0.2, -0.15) is 4.37 Å². The van der Waals surface area contributed by atoms with Gasteiger partial charge < -0.3 is 0 Å². The monoisotopic (exact) mass is 284 g/mol. The molecular formula is C16H13FN2S. The number of hydrogen-bond acceptors (Lipinski definition) is 3. The molecule has 0 spiro atoms. The van der Waals surface area contributed by atoms with E-state index < -0.39 is 0 Å². The van der Waals surface area contributed by atoms with Gasteiger partial charge in [-0.05, 0) is 28.7 Å². The summed E-state index contributed by atoms with van der Waals surface area (Å²) >= 11 is 1.31. The first kappa shape index (κ1) is 12.9. The Labute approximate surface area is 121 Å². The molecule has 0 saturated carbocycles. The van der Waals surface area contributed by atoms with Gasteiger partial charge in [0.25, 0.3) is 0 Å². The van der Waals surface area contributed by atoms with Crippen LogP contribution < -0.4 is 0 Å². The number of hydrogen-bond donors (Lipinski definition) is 0. The quantitative estimate of drug-likeness (QED) is 0.708. The van der Waals surface area contributed by atoms with Crippen LogP contribution in [0.1, 0.15) is 24.2 Å². The molecule has 1 unspecified atom stereocenters. The normalized spacial score (nSPS) is 12.3. The van der Waals surface area contributed by atoms with Crippen molar-refractivity contribution in [2.75, 3.05) is 0 Å². The fraction of sp³-hybridized carbons (Fsp3) is 0.125. The molecule has 2 aromatic carbocycles. The number of nitrogens with zero attached hydrogens (tertiary/aromatic N) is 2. The van der Waals surface area contributed by atoms with Gasteiger partial charge in [-0.1, -0.05) is 49.4 Å². The van der Waals surface area contributed by atoms with Crippen molar-refractivity contribution in [2.24, 2.45) is 0 Å². The summed E-state index contributed by atoms with van der Waals surface area (Å²) in [5.41, 5.74) is 4.09. The highest BCUT2D eigenvalue weighted by molar-refractivity contribution is 7.03. The van der Waals surface area contributed by atoms with E-state index >= 15 is 0 Å². The van der Waals surface area contributed by atoms with E-state index in [0.717, 1.165) is 17.0 Å². The molecule has 3 aromatic rings. The largest absolute Gasteiger partial charge is 0.227 e. The maximum atomic E-state index is 14.3. The van der Waals surface area contributed by atoms with Crippen molar-refractivity contribution in [2.45, 2.75) is 12.8 Å². The zero-order valence-corrected chi connectivity index (χ0v) is 11.8. The molecule has 4 heteroatoms. The molecule has 0 aliphatic carbocycles. The van der Waals surface area contributed by atoms with Gasteiger partial charge >= 0.3 is 0 Å². The maximum absolute atomic E-state index is 14.3. The van der Waals surface area contributed by atoms with Gasteiger partial charge in [-0.3, -0.25) is 0 Å². The summed E-state index contributed by atoms with van der Waals surface area (Å²) in [5.74, 6) is 0.526. The van der Waals surface area contributed by atoms with Crippen molar-refractivity contribution in [3.05, 3.63) is 71.2 Å². The van der Waals surface area contributed by atoms with Crippen LogP contribution >= 0.6 is 11.5 Å². The Balaban J connectivity index is 1.96. The number of rotatable bonds is 3. The fourth-order valence-corrected chi connectivity index (χ4v) is 2.69. The number of benzene rings is 2. The van der Waals surface area contributed by atoms with Gasteiger partial charge in [0.15, 0.2) is 0 Å². The molecular weight excluding hydrogens is 271 g/mol. The first-order valence-electron chi connectivity index (χ1n) is 6.37. The third kappa shape index (κ3) is 2.47. The Kier molecular flexibility index (Phi) is 3.56. The second-order valence-corrected chi connectivity index (χ2v) is 5.22. The Morgan fingerprint density at radius 1 is 1.10 bits per heavy atom. The van der Waals surface area contributed by atoms with E-state index in [1.807, 2.05) is 49.4 Å². The lowest BCUT2D eigenvalue weighted by atomic mass is 9.96. The lowest BCUT2D eigenvalue weighted by Crippen LogP contribution is -1.99. The van der Waals surface area contributed by atoms with Crippen molar-refractivity contribution in [1.82, 2.24) is 9.36 Å². The molecule has 0 radical (unpaired) electrons. The van der Waals surface area contributed by atoms with Crippen LogP contribution in [-0.4, -0.2) is 9.36 Å². The molecule has 20 heavy (non-hydrogen) atoms. The van der Waals surface area contributed by atoms with E-state index in [0.29, 0.717) is 5.56 Å². The van der Waals surface area contributed by atoms with Gasteiger partial charge in [0.1, 0.15) is 17.2 Å². The highest BCUT2D eigenvalue weighted by atomic mass is 32.1.